The molecular formula is C23H26N4O3. The summed E-state index contributed by atoms with van der Waals surface area (Å²) in [6, 6.07) is 7.46. The Hall–Kier alpha value is -3.14. The summed E-state index contributed by atoms with van der Waals surface area (Å²) in [6.07, 6.45) is 1.97. The van der Waals surface area contributed by atoms with E-state index in [0.717, 1.165) is 24.2 Å². The number of methoxy groups -OCH3 is 1. The van der Waals surface area contributed by atoms with Crippen LogP contribution in [0.15, 0.2) is 29.8 Å². The van der Waals surface area contributed by atoms with E-state index in [9.17, 15) is 4.79 Å². The predicted molar refractivity (Wildman–Crippen MR) is 112 cm³/mol. The number of aromatic nitrogens is 3. The van der Waals surface area contributed by atoms with Crippen LogP contribution in [0.1, 0.15) is 39.4 Å². The number of hydrogen-bond acceptors (Lipinski definition) is 5. The van der Waals surface area contributed by atoms with Crippen LogP contribution in [0.4, 0.5) is 0 Å². The average molecular weight is 406 g/mol. The molecule has 0 radical (unpaired) electrons. The third-order valence-electron chi connectivity index (χ3n) is 6.18. The second kappa shape index (κ2) is 7.94. The van der Waals surface area contributed by atoms with Gasteiger partial charge in [0.15, 0.2) is 11.6 Å². The van der Waals surface area contributed by atoms with Crippen molar-refractivity contribution in [2.24, 2.45) is 17.8 Å². The summed E-state index contributed by atoms with van der Waals surface area (Å²) in [5, 5.41) is 8.44. The molecule has 1 aliphatic carbocycles. The van der Waals surface area contributed by atoms with Crippen molar-refractivity contribution in [3.8, 4) is 17.1 Å². The van der Waals surface area contributed by atoms with Crippen LogP contribution in [0.2, 0.25) is 0 Å². The normalized spacial score (nSPS) is 25.6. The Morgan fingerprint density at radius 2 is 1.73 bits per heavy atom. The zero-order valence-corrected chi connectivity index (χ0v) is 17.8. The number of fused-ring (bicyclic) bond motifs is 1. The molecule has 0 bridgehead atoms. The van der Waals surface area contributed by atoms with Crippen LogP contribution in [0.25, 0.3) is 21.9 Å². The SMILES string of the molecule is [C-]#[N+]C1=C(C(=O)OC2C(C)CC(C)CC2C)Cn2c1nnc2-c1ccc(OC)cc1. The van der Waals surface area contributed by atoms with Gasteiger partial charge in [-0.2, -0.15) is 0 Å². The molecule has 0 N–H and O–H groups in total. The number of carbonyl (C=O) groups is 1. The smallest absolute Gasteiger partial charge is 0.325 e. The fourth-order valence-electron chi connectivity index (χ4n) is 4.85. The molecule has 1 aliphatic heterocycles. The Bertz CT molecular complexity index is 1020. The van der Waals surface area contributed by atoms with Crippen LogP contribution in [0.3, 0.4) is 0 Å². The second-order valence-corrected chi connectivity index (χ2v) is 8.50. The summed E-state index contributed by atoms with van der Waals surface area (Å²) in [6.45, 7) is 14.4. The minimum absolute atomic E-state index is 0.125. The maximum Gasteiger partial charge on any atom is 0.325 e. The third-order valence-corrected chi connectivity index (χ3v) is 6.18. The molecule has 2 atom stereocenters. The first-order valence-corrected chi connectivity index (χ1v) is 10.3. The monoisotopic (exact) mass is 406 g/mol. The second-order valence-electron chi connectivity index (χ2n) is 8.50. The standard InChI is InChI=1S/C23H26N4O3/c1-13-10-14(2)20(15(3)11-13)30-23(28)18-12-27-21(25-26-22(27)19(18)24-4)16-6-8-17(29-5)9-7-16/h6-9,13-15,20H,10-12H2,1-3,5H3. The number of carbonyl (C=O) groups excluding carboxylic acids is 1. The van der Waals surface area contributed by atoms with Gasteiger partial charge in [-0.15, -0.1) is 10.2 Å². The van der Waals surface area contributed by atoms with Crippen molar-refractivity contribution in [2.45, 2.75) is 46.3 Å². The lowest BCUT2D eigenvalue weighted by Crippen LogP contribution is -2.37. The summed E-state index contributed by atoms with van der Waals surface area (Å²) in [5.41, 5.74) is 1.44. The molecule has 1 aromatic carbocycles. The molecule has 1 fully saturated rings. The fourth-order valence-corrected chi connectivity index (χ4v) is 4.85. The van der Waals surface area contributed by atoms with Gasteiger partial charge in [-0.1, -0.05) is 20.8 Å². The van der Waals surface area contributed by atoms with Gasteiger partial charge in [0.2, 0.25) is 5.70 Å². The van der Waals surface area contributed by atoms with Crippen molar-refractivity contribution in [2.75, 3.05) is 7.11 Å². The molecule has 2 unspecified atom stereocenters. The molecule has 156 valence electrons. The van der Waals surface area contributed by atoms with Gasteiger partial charge in [0.25, 0.3) is 0 Å². The number of esters is 1. The highest BCUT2D eigenvalue weighted by atomic mass is 16.5. The maximum absolute atomic E-state index is 13.1. The minimum atomic E-state index is -0.412. The van der Waals surface area contributed by atoms with E-state index in [-0.39, 0.29) is 18.3 Å². The van der Waals surface area contributed by atoms with E-state index in [1.54, 1.807) is 7.11 Å². The quantitative estimate of drug-likeness (QED) is 0.562. The molecular weight excluding hydrogens is 380 g/mol. The van der Waals surface area contributed by atoms with Crippen molar-refractivity contribution in [1.29, 1.82) is 0 Å². The van der Waals surface area contributed by atoms with Crippen molar-refractivity contribution in [1.82, 2.24) is 14.8 Å². The van der Waals surface area contributed by atoms with Gasteiger partial charge in [0.1, 0.15) is 11.9 Å². The van der Waals surface area contributed by atoms with Crippen LogP contribution in [-0.2, 0) is 16.1 Å². The van der Waals surface area contributed by atoms with Gasteiger partial charge in [-0.3, -0.25) is 0 Å². The molecule has 30 heavy (non-hydrogen) atoms. The van der Waals surface area contributed by atoms with E-state index in [1.165, 1.54) is 0 Å². The molecule has 1 saturated carbocycles. The van der Waals surface area contributed by atoms with Crippen LogP contribution < -0.4 is 4.74 Å². The minimum Gasteiger partial charge on any atom is -0.497 e. The van der Waals surface area contributed by atoms with Crippen LogP contribution >= 0.6 is 0 Å². The summed E-state index contributed by atoms with van der Waals surface area (Å²) in [4.78, 5) is 16.6. The molecule has 7 heteroatoms. The Labute approximate surface area is 176 Å². The number of rotatable bonds is 4. The first-order valence-electron chi connectivity index (χ1n) is 10.3. The first kappa shape index (κ1) is 20.1. The molecule has 2 aliphatic rings. The first-order chi connectivity index (χ1) is 14.4. The zero-order valence-electron chi connectivity index (χ0n) is 17.8. The number of hydrogen-bond donors (Lipinski definition) is 0. The van der Waals surface area contributed by atoms with E-state index < -0.39 is 5.97 Å². The third kappa shape index (κ3) is 3.47. The van der Waals surface area contributed by atoms with E-state index in [4.69, 9.17) is 16.0 Å². The topological polar surface area (TPSA) is 70.6 Å². The lowest BCUT2D eigenvalue weighted by Gasteiger charge is -2.37. The van der Waals surface area contributed by atoms with Crippen molar-refractivity contribution in [3.05, 3.63) is 47.1 Å². The van der Waals surface area contributed by atoms with Crippen molar-refractivity contribution >= 4 is 11.7 Å². The van der Waals surface area contributed by atoms with Gasteiger partial charge in [-0.05, 0) is 54.9 Å². The summed E-state index contributed by atoms with van der Waals surface area (Å²) in [5.74, 6) is 2.61. The Kier molecular flexibility index (Phi) is 5.33. The zero-order chi connectivity index (χ0) is 21.4. The fraction of sp³-hybridized carbons (Fsp3) is 0.478. The maximum atomic E-state index is 13.1. The lowest BCUT2D eigenvalue weighted by molar-refractivity contribution is -0.153. The van der Waals surface area contributed by atoms with Crippen LogP contribution in [-0.4, -0.2) is 33.9 Å². The van der Waals surface area contributed by atoms with E-state index in [2.05, 4.69) is 35.8 Å². The van der Waals surface area contributed by atoms with Gasteiger partial charge in [-0.25, -0.2) is 9.64 Å². The van der Waals surface area contributed by atoms with Crippen molar-refractivity contribution < 1.29 is 14.3 Å². The molecule has 7 nitrogen and oxygen atoms in total. The summed E-state index contributed by atoms with van der Waals surface area (Å²) < 4.78 is 13.0. The van der Waals surface area contributed by atoms with Gasteiger partial charge in [0, 0.05) is 12.1 Å². The van der Waals surface area contributed by atoms with Crippen LogP contribution in [0.5, 0.6) is 5.75 Å². The Morgan fingerprint density at radius 1 is 1.10 bits per heavy atom. The molecule has 4 rings (SSSR count). The summed E-state index contributed by atoms with van der Waals surface area (Å²) in [7, 11) is 1.61. The molecule has 0 spiro atoms. The average Bonchev–Trinajstić information content (AvgIpc) is 3.29. The molecule has 0 saturated heterocycles. The van der Waals surface area contributed by atoms with Crippen molar-refractivity contribution in [3.63, 3.8) is 0 Å². The number of ether oxygens (including phenoxy) is 2. The highest BCUT2D eigenvalue weighted by molar-refractivity contribution is 6.00. The van der Waals surface area contributed by atoms with E-state index in [1.807, 2.05) is 28.8 Å². The Morgan fingerprint density at radius 3 is 2.33 bits per heavy atom. The Balaban J connectivity index is 1.58. The number of nitrogens with zero attached hydrogens (tertiary/aromatic N) is 4. The highest BCUT2D eigenvalue weighted by Gasteiger charge is 2.37. The predicted octanol–water partition coefficient (Wildman–Crippen LogP) is 4.21. The molecule has 2 heterocycles. The molecule has 1 aromatic heterocycles. The summed E-state index contributed by atoms with van der Waals surface area (Å²) >= 11 is 0. The highest BCUT2D eigenvalue weighted by Crippen LogP contribution is 2.37. The lowest BCUT2D eigenvalue weighted by atomic mass is 9.75. The molecule has 0 amide bonds. The largest absolute Gasteiger partial charge is 0.497 e. The van der Waals surface area contributed by atoms with E-state index >= 15 is 0 Å². The number of benzene rings is 1. The van der Waals surface area contributed by atoms with Gasteiger partial charge in [0.05, 0.1) is 19.3 Å². The van der Waals surface area contributed by atoms with Gasteiger partial charge < -0.3 is 14.0 Å². The van der Waals surface area contributed by atoms with Gasteiger partial charge >= 0.3 is 5.97 Å². The van der Waals surface area contributed by atoms with Crippen LogP contribution in [0, 0.1) is 24.3 Å². The van der Waals surface area contributed by atoms with E-state index in [0.29, 0.717) is 35.0 Å². The molecule has 2 aromatic rings.